The van der Waals surface area contributed by atoms with Crippen molar-refractivity contribution in [2.45, 2.75) is 18.8 Å². The minimum atomic E-state index is -4.84. The summed E-state index contributed by atoms with van der Waals surface area (Å²) in [7, 11) is 1.40. The van der Waals surface area contributed by atoms with E-state index in [1.807, 2.05) is 0 Å². The van der Waals surface area contributed by atoms with Gasteiger partial charge in [0.15, 0.2) is 11.8 Å². The highest BCUT2D eigenvalue weighted by molar-refractivity contribution is 6.31. The Kier molecular flexibility index (Phi) is 5.95. The highest BCUT2D eigenvalue weighted by Crippen LogP contribution is 2.36. The maximum absolute atomic E-state index is 13.0. The molecule has 3 heterocycles. The van der Waals surface area contributed by atoms with E-state index in [1.54, 1.807) is 24.4 Å². The number of aromatic nitrogens is 5. The highest BCUT2D eigenvalue weighted by Gasteiger charge is 2.38. The summed E-state index contributed by atoms with van der Waals surface area (Å²) in [6.45, 7) is -0.881. The topological polar surface area (TPSA) is 107 Å². The number of carbonyl (C=O) groups is 1. The van der Waals surface area contributed by atoms with Gasteiger partial charge in [-0.25, -0.2) is 9.50 Å². The monoisotopic (exact) mass is 480 g/mol. The van der Waals surface area contributed by atoms with Crippen LogP contribution in [0.3, 0.4) is 0 Å². The summed E-state index contributed by atoms with van der Waals surface area (Å²) in [5.74, 6) is -0.281. The quantitative estimate of drug-likeness (QED) is 0.438. The summed E-state index contributed by atoms with van der Waals surface area (Å²) in [4.78, 5) is 17.1. The van der Waals surface area contributed by atoms with E-state index in [9.17, 15) is 23.1 Å². The van der Waals surface area contributed by atoms with Crippen molar-refractivity contribution in [3.63, 3.8) is 0 Å². The molecule has 9 nitrogen and oxygen atoms in total. The zero-order valence-electron chi connectivity index (χ0n) is 16.9. The molecule has 1 aromatic carbocycles. The van der Waals surface area contributed by atoms with Crippen molar-refractivity contribution in [1.29, 1.82) is 0 Å². The number of aliphatic hydroxyl groups excluding tert-OH is 1. The molecular formula is C20H16ClF3N6O3. The average molecular weight is 481 g/mol. The zero-order chi connectivity index (χ0) is 23.8. The van der Waals surface area contributed by atoms with Crippen molar-refractivity contribution >= 4 is 28.8 Å². The third kappa shape index (κ3) is 4.61. The number of nitrogens with zero attached hydrogens (tertiary/aromatic N) is 5. The molecule has 4 rings (SSSR count). The van der Waals surface area contributed by atoms with Crippen molar-refractivity contribution in [2.24, 2.45) is 0 Å². The van der Waals surface area contributed by atoms with Crippen LogP contribution in [0.5, 0.6) is 5.75 Å². The van der Waals surface area contributed by atoms with Crippen LogP contribution in [0.1, 0.15) is 10.4 Å². The molecule has 0 aliphatic heterocycles. The zero-order valence-corrected chi connectivity index (χ0v) is 17.7. The normalized spacial score (nSPS) is 12.7. The van der Waals surface area contributed by atoms with Crippen LogP contribution in [-0.4, -0.2) is 54.8 Å². The van der Waals surface area contributed by atoms with E-state index >= 15 is 0 Å². The van der Waals surface area contributed by atoms with Gasteiger partial charge < -0.3 is 15.2 Å². The van der Waals surface area contributed by atoms with Crippen LogP contribution in [0, 0.1) is 0 Å². The number of carbonyl (C=O) groups excluding carboxylic acids is 1. The largest absolute Gasteiger partial charge is 0.496 e. The van der Waals surface area contributed by atoms with E-state index in [4.69, 9.17) is 16.3 Å². The predicted molar refractivity (Wildman–Crippen MR) is 112 cm³/mol. The van der Waals surface area contributed by atoms with Crippen LogP contribution < -0.4 is 10.1 Å². The van der Waals surface area contributed by atoms with Gasteiger partial charge in [0.25, 0.3) is 5.91 Å². The molecule has 2 N–H and O–H groups in total. The Morgan fingerprint density at radius 3 is 2.88 bits per heavy atom. The number of amides is 1. The Hall–Kier alpha value is -3.64. The van der Waals surface area contributed by atoms with Crippen molar-refractivity contribution in [1.82, 2.24) is 24.4 Å². The number of halogens is 4. The number of benzene rings is 1. The molecule has 172 valence electrons. The molecule has 0 fully saturated rings. The van der Waals surface area contributed by atoms with Crippen LogP contribution in [0.2, 0.25) is 5.02 Å². The first-order valence-electron chi connectivity index (χ1n) is 9.43. The minimum absolute atomic E-state index is 0.0743. The van der Waals surface area contributed by atoms with Gasteiger partial charge >= 0.3 is 6.18 Å². The molecule has 0 aliphatic rings. The number of aliphatic hydroxyl groups is 1. The lowest BCUT2D eigenvalue weighted by Gasteiger charge is -2.14. The maximum Gasteiger partial charge on any atom is 0.416 e. The summed E-state index contributed by atoms with van der Waals surface area (Å²) in [6.07, 6.45) is -1.90. The van der Waals surface area contributed by atoms with Gasteiger partial charge in [-0.3, -0.25) is 9.48 Å². The van der Waals surface area contributed by atoms with Crippen LogP contribution >= 0.6 is 11.6 Å². The van der Waals surface area contributed by atoms with Crippen LogP contribution in [0.15, 0.2) is 49.1 Å². The second-order valence-corrected chi connectivity index (χ2v) is 7.35. The average Bonchev–Trinajstić information content (AvgIpc) is 3.37. The van der Waals surface area contributed by atoms with E-state index < -0.39 is 24.7 Å². The Morgan fingerprint density at radius 2 is 2.15 bits per heavy atom. The summed E-state index contributed by atoms with van der Waals surface area (Å²) >= 11 is 6.09. The van der Waals surface area contributed by atoms with Crippen molar-refractivity contribution in [2.75, 3.05) is 12.4 Å². The number of anilines is 1. The first-order chi connectivity index (χ1) is 15.7. The second kappa shape index (κ2) is 8.71. The van der Waals surface area contributed by atoms with Crippen molar-refractivity contribution in [3.05, 3.63) is 59.6 Å². The first kappa shape index (κ1) is 22.6. The fourth-order valence-corrected chi connectivity index (χ4v) is 3.30. The molecule has 33 heavy (non-hydrogen) atoms. The van der Waals surface area contributed by atoms with E-state index in [1.165, 1.54) is 36.3 Å². The van der Waals surface area contributed by atoms with Crippen LogP contribution in [-0.2, 0) is 6.54 Å². The number of alkyl halides is 3. The standard InChI is InChI=1S/C20H16ClF3N6O3/c1-33-15-4-3-11(21)7-12(15)17-14(9-29(28-17)10-16(31)20(22,23)24)27-19(32)13-8-26-30-6-2-5-25-18(13)30/h2-9,16,31H,10H2,1H3,(H,27,32)/t16-/m1/s1. The molecule has 1 amide bonds. The predicted octanol–water partition coefficient (Wildman–Crippen LogP) is 3.43. The molecule has 0 radical (unpaired) electrons. The second-order valence-electron chi connectivity index (χ2n) is 6.92. The van der Waals surface area contributed by atoms with E-state index in [0.29, 0.717) is 16.3 Å². The molecule has 0 saturated carbocycles. The number of hydrogen-bond donors (Lipinski definition) is 2. The number of methoxy groups -OCH3 is 1. The van der Waals surface area contributed by atoms with Gasteiger partial charge in [0.2, 0.25) is 0 Å². The molecule has 0 aliphatic carbocycles. The smallest absolute Gasteiger partial charge is 0.416 e. The van der Waals surface area contributed by atoms with Gasteiger partial charge in [-0.15, -0.1) is 0 Å². The van der Waals surface area contributed by atoms with Crippen LogP contribution in [0.4, 0.5) is 18.9 Å². The molecule has 0 spiro atoms. The number of nitrogens with one attached hydrogen (secondary N) is 1. The molecule has 0 unspecified atom stereocenters. The molecule has 0 bridgehead atoms. The molecular weight excluding hydrogens is 465 g/mol. The van der Waals surface area contributed by atoms with Crippen LogP contribution in [0.25, 0.3) is 16.9 Å². The van der Waals surface area contributed by atoms with Crippen molar-refractivity contribution in [3.8, 4) is 17.0 Å². The van der Waals surface area contributed by atoms with Gasteiger partial charge in [-0.05, 0) is 24.3 Å². The van der Waals surface area contributed by atoms with E-state index in [-0.39, 0.29) is 22.6 Å². The molecule has 4 aromatic rings. The number of hydrogen-bond acceptors (Lipinski definition) is 6. The lowest BCUT2D eigenvalue weighted by atomic mass is 10.1. The Morgan fingerprint density at radius 1 is 1.36 bits per heavy atom. The summed E-state index contributed by atoms with van der Waals surface area (Å²) in [6, 6.07) is 6.26. The third-order valence-electron chi connectivity index (χ3n) is 4.69. The minimum Gasteiger partial charge on any atom is -0.496 e. The maximum atomic E-state index is 13.0. The van der Waals surface area contributed by atoms with Gasteiger partial charge in [-0.2, -0.15) is 23.4 Å². The van der Waals surface area contributed by atoms with E-state index in [0.717, 1.165) is 4.68 Å². The van der Waals surface area contributed by atoms with E-state index in [2.05, 4.69) is 20.5 Å². The number of rotatable bonds is 6. The summed E-state index contributed by atoms with van der Waals surface area (Å²) in [5, 5.41) is 20.6. The Balaban J connectivity index is 1.75. The van der Waals surface area contributed by atoms with Crippen molar-refractivity contribution < 1.29 is 27.8 Å². The number of fused-ring (bicyclic) bond motifs is 1. The first-order valence-corrected chi connectivity index (χ1v) is 9.81. The van der Waals surface area contributed by atoms with Gasteiger partial charge in [0.1, 0.15) is 17.0 Å². The number of ether oxygens (including phenoxy) is 1. The fraction of sp³-hybridized carbons (Fsp3) is 0.200. The lowest BCUT2D eigenvalue weighted by molar-refractivity contribution is -0.208. The molecule has 0 saturated heterocycles. The molecule has 3 aromatic heterocycles. The van der Waals surface area contributed by atoms with Gasteiger partial charge in [0, 0.05) is 29.2 Å². The lowest BCUT2D eigenvalue weighted by Crippen LogP contribution is -2.32. The van der Waals surface area contributed by atoms with Gasteiger partial charge in [0.05, 0.1) is 25.5 Å². The Labute approximate surface area is 189 Å². The van der Waals surface area contributed by atoms with Gasteiger partial charge in [-0.1, -0.05) is 11.6 Å². The third-order valence-corrected chi connectivity index (χ3v) is 4.92. The Bertz CT molecular complexity index is 1320. The summed E-state index contributed by atoms with van der Waals surface area (Å²) < 4.78 is 46.2. The molecule has 1 atom stereocenters. The SMILES string of the molecule is COc1ccc(Cl)cc1-c1nn(C[C@@H](O)C(F)(F)F)cc1NC(=O)c1cnn2cccnc12. The molecule has 13 heteroatoms. The summed E-state index contributed by atoms with van der Waals surface area (Å²) in [5.41, 5.74) is 0.935. The fourth-order valence-electron chi connectivity index (χ4n) is 3.13. The highest BCUT2D eigenvalue weighted by atomic mass is 35.5.